The van der Waals surface area contributed by atoms with E-state index < -0.39 is 0 Å². The number of hydrogen-bond acceptors (Lipinski definition) is 4. The molecule has 3 fully saturated rings. The van der Waals surface area contributed by atoms with E-state index in [0.717, 1.165) is 45.1 Å². The Morgan fingerprint density at radius 2 is 1.96 bits per heavy atom. The molecule has 0 aliphatic heterocycles. The summed E-state index contributed by atoms with van der Waals surface area (Å²) in [6.45, 7) is 4.63. The largest absolute Gasteiger partial charge is 0.462 e. The minimum Gasteiger partial charge on any atom is -0.462 e. The van der Waals surface area contributed by atoms with E-state index in [0.29, 0.717) is 30.0 Å². The van der Waals surface area contributed by atoms with Gasteiger partial charge < -0.3 is 9.47 Å². The van der Waals surface area contributed by atoms with E-state index in [2.05, 4.69) is 6.92 Å². The topological polar surface area (TPSA) is 52.6 Å². The second-order valence-electron chi connectivity index (χ2n) is 9.36. The Morgan fingerprint density at radius 3 is 2.69 bits per heavy atom. The van der Waals surface area contributed by atoms with Crippen LogP contribution < -0.4 is 0 Å². The summed E-state index contributed by atoms with van der Waals surface area (Å²) in [6, 6.07) is 0. The van der Waals surface area contributed by atoms with Crippen molar-refractivity contribution in [3.05, 3.63) is 11.6 Å². The molecule has 0 aromatic heterocycles. The molecule has 4 rings (SSSR count). The van der Waals surface area contributed by atoms with Gasteiger partial charge in [0.05, 0.1) is 6.61 Å². The van der Waals surface area contributed by atoms with E-state index in [1.807, 2.05) is 6.08 Å². The lowest BCUT2D eigenvalue weighted by atomic mass is 9.47. The minimum absolute atomic E-state index is 0.0619. The maximum Gasteiger partial charge on any atom is 0.302 e. The molecule has 26 heavy (non-hydrogen) atoms. The summed E-state index contributed by atoms with van der Waals surface area (Å²) in [7, 11) is 1.80. The molecule has 0 radical (unpaired) electrons. The molecule has 0 saturated heterocycles. The van der Waals surface area contributed by atoms with Crippen molar-refractivity contribution in [2.24, 2.45) is 28.6 Å². The van der Waals surface area contributed by atoms with Crippen LogP contribution in [0.3, 0.4) is 0 Å². The minimum atomic E-state index is -0.144. The zero-order chi connectivity index (χ0) is 18.5. The smallest absolute Gasteiger partial charge is 0.302 e. The Hall–Kier alpha value is -1.16. The van der Waals surface area contributed by atoms with E-state index in [1.165, 1.54) is 18.9 Å². The number of carbonyl (C=O) groups excluding carboxylic acids is 2. The van der Waals surface area contributed by atoms with Gasteiger partial charge in [0, 0.05) is 31.3 Å². The molecule has 4 nitrogen and oxygen atoms in total. The van der Waals surface area contributed by atoms with E-state index in [-0.39, 0.29) is 22.9 Å². The number of ether oxygens (including phenoxy) is 2. The van der Waals surface area contributed by atoms with Crippen molar-refractivity contribution in [1.29, 1.82) is 0 Å². The lowest BCUT2D eigenvalue weighted by molar-refractivity contribution is -0.158. The highest BCUT2D eigenvalue weighted by molar-refractivity contribution is 5.91. The Kier molecular flexibility index (Phi) is 4.53. The summed E-state index contributed by atoms with van der Waals surface area (Å²) in [5.74, 6) is 2.04. The summed E-state index contributed by atoms with van der Waals surface area (Å²) in [6.07, 6.45) is 10.3. The van der Waals surface area contributed by atoms with Crippen LogP contribution in [0.2, 0.25) is 0 Å². The third-order valence-electron chi connectivity index (χ3n) is 8.31. The zero-order valence-electron chi connectivity index (χ0n) is 16.4. The molecular weight excluding hydrogens is 328 g/mol. The number of carbonyl (C=O) groups is 2. The van der Waals surface area contributed by atoms with Crippen LogP contribution in [0, 0.1) is 28.6 Å². The van der Waals surface area contributed by atoms with Gasteiger partial charge in [-0.1, -0.05) is 12.5 Å². The van der Waals surface area contributed by atoms with E-state index >= 15 is 0 Å². The predicted octanol–water partition coefficient (Wildman–Crippen LogP) is 4.08. The fraction of sp³-hybridized carbons (Fsp3) is 0.818. The molecule has 0 heterocycles. The van der Waals surface area contributed by atoms with E-state index in [4.69, 9.17) is 9.47 Å². The van der Waals surface area contributed by atoms with Gasteiger partial charge in [-0.05, 0) is 68.8 Å². The quantitative estimate of drug-likeness (QED) is 0.712. The second-order valence-corrected chi connectivity index (χ2v) is 9.36. The summed E-state index contributed by atoms with van der Waals surface area (Å²) in [5.41, 5.74) is 1.54. The highest BCUT2D eigenvalue weighted by atomic mass is 16.5. The molecule has 4 aliphatic carbocycles. The van der Waals surface area contributed by atoms with E-state index in [9.17, 15) is 9.59 Å². The molecule has 6 atom stereocenters. The molecule has 0 N–H and O–H groups in total. The first kappa shape index (κ1) is 18.2. The molecule has 4 aliphatic rings. The summed E-state index contributed by atoms with van der Waals surface area (Å²) < 4.78 is 11.5. The van der Waals surface area contributed by atoms with Crippen molar-refractivity contribution in [3.63, 3.8) is 0 Å². The molecule has 0 aromatic carbocycles. The van der Waals surface area contributed by atoms with Crippen LogP contribution in [0.1, 0.15) is 65.2 Å². The first-order valence-electron chi connectivity index (χ1n) is 10.3. The Labute approximate surface area is 156 Å². The molecule has 0 amide bonds. The first-order chi connectivity index (χ1) is 12.4. The second kappa shape index (κ2) is 6.47. The normalized spacial score (nSPS) is 44.6. The van der Waals surface area contributed by atoms with Gasteiger partial charge in [-0.2, -0.15) is 0 Å². The number of ketones is 1. The molecule has 0 aromatic rings. The van der Waals surface area contributed by atoms with Crippen molar-refractivity contribution in [2.45, 2.75) is 71.3 Å². The Morgan fingerprint density at radius 1 is 1.15 bits per heavy atom. The van der Waals surface area contributed by atoms with Crippen LogP contribution in [-0.4, -0.2) is 31.6 Å². The summed E-state index contributed by atoms with van der Waals surface area (Å²) >= 11 is 0. The van der Waals surface area contributed by atoms with E-state index in [1.54, 1.807) is 7.11 Å². The fourth-order valence-electron chi connectivity index (χ4n) is 7.24. The predicted molar refractivity (Wildman–Crippen MR) is 98.5 cm³/mol. The monoisotopic (exact) mass is 360 g/mol. The van der Waals surface area contributed by atoms with Gasteiger partial charge in [-0.15, -0.1) is 0 Å². The zero-order valence-corrected chi connectivity index (χ0v) is 16.4. The summed E-state index contributed by atoms with van der Waals surface area (Å²) in [5, 5.41) is 0. The van der Waals surface area contributed by atoms with Crippen molar-refractivity contribution < 1.29 is 19.1 Å². The molecule has 4 heteroatoms. The van der Waals surface area contributed by atoms with Gasteiger partial charge in [0.1, 0.15) is 6.10 Å². The van der Waals surface area contributed by atoms with Gasteiger partial charge in [0.2, 0.25) is 0 Å². The van der Waals surface area contributed by atoms with Gasteiger partial charge in [-0.3, -0.25) is 9.59 Å². The van der Waals surface area contributed by atoms with Crippen LogP contribution in [0.4, 0.5) is 0 Å². The Balaban J connectivity index is 1.65. The highest BCUT2D eigenvalue weighted by Crippen LogP contribution is 2.65. The number of hydrogen-bond donors (Lipinski definition) is 0. The molecular formula is C22H32O4. The average Bonchev–Trinajstić information content (AvgIpc) is 2.91. The van der Waals surface area contributed by atoms with Crippen molar-refractivity contribution in [3.8, 4) is 0 Å². The number of fused-ring (bicyclic) bond motifs is 5. The van der Waals surface area contributed by atoms with Gasteiger partial charge in [-0.25, -0.2) is 0 Å². The average molecular weight is 360 g/mol. The Bertz CT molecular complexity index is 638. The molecule has 144 valence electrons. The number of rotatable bonds is 3. The molecule has 0 spiro atoms. The van der Waals surface area contributed by atoms with Crippen LogP contribution in [0.15, 0.2) is 11.6 Å². The first-order valence-corrected chi connectivity index (χ1v) is 10.3. The van der Waals surface area contributed by atoms with Crippen molar-refractivity contribution in [2.75, 3.05) is 13.7 Å². The van der Waals surface area contributed by atoms with Crippen LogP contribution in [0.5, 0.6) is 0 Å². The van der Waals surface area contributed by atoms with Gasteiger partial charge in [0.25, 0.3) is 0 Å². The van der Waals surface area contributed by atoms with Crippen LogP contribution >= 0.6 is 0 Å². The molecule has 0 bridgehead atoms. The lowest BCUT2D eigenvalue weighted by Crippen LogP contribution is -2.54. The highest BCUT2D eigenvalue weighted by Gasteiger charge is 2.61. The van der Waals surface area contributed by atoms with Crippen molar-refractivity contribution >= 4 is 11.8 Å². The maximum atomic E-state index is 12.0. The summed E-state index contributed by atoms with van der Waals surface area (Å²) in [4.78, 5) is 23.6. The molecule has 3 saturated carbocycles. The molecule has 0 unspecified atom stereocenters. The fourth-order valence-corrected chi connectivity index (χ4v) is 7.24. The standard InChI is InChI=1S/C22H32O4/c1-14(23)26-20-7-6-18-17-5-4-15-12-16(24)8-11-22(15,13-25-3)19(17)9-10-21(18,20)2/h12,17-20H,4-11,13H2,1-3H3/t17-,18-,19-,20-,21-,22+/m0/s1. The SMILES string of the molecule is COC[C@]12CCC(=O)C=C1CC[C@@H]1[C@@H]2CC[C@]2(C)[C@@H](OC(C)=O)CC[C@@H]12. The van der Waals surface area contributed by atoms with Gasteiger partial charge >= 0.3 is 5.97 Å². The maximum absolute atomic E-state index is 12.0. The van der Waals surface area contributed by atoms with Crippen LogP contribution in [-0.2, 0) is 19.1 Å². The van der Waals surface area contributed by atoms with Gasteiger partial charge in [0.15, 0.2) is 5.78 Å². The third kappa shape index (κ3) is 2.59. The lowest BCUT2D eigenvalue weighted by Gasteiger charge is -2.58. The number of methoxy groups -OCH3 is 1. The van der Waals surface area contributed by atoms with Crippen LogP contribution in [0.25, 0.3) is 0 Å². The van der Waals surface area contributed by atoms with Crippen molar-refractivity contribution in [1.82, 2.24) is 0 Å². The number of esters is 1. The third-order valence-corrected chi connectivity index (χ3v) is 8.31.